The van der Waals surface area contributed by atoms with E-state index in [1.54, 1.807) is 10.7 Å². The number of benzene rings is 1. The molecule has 0 saturated carbocycles. The van der Waals surface area contributed by atoms with E-state index >= 15 is 0 Å². The van der Waals surface area contributed by atoms with Gasteiger partial charge in [-0.1, -0.05) is 30.3 Å². The second kappa shape index (κ2) is 4.82. The molecule has 0 bridgehead atoms. The number of ether oxygens (including phenoxy) is 1. The van der Waals surface area contributed by atoms with E-state index in [9.17, 15) is 0 Å². The summed E-state index contributed by atoms with van der Waals surface area (Å²) in [5.41, 5.74) is 2.11. The lowest BCUT2D eigenvalue weighted by Gasteiger charge is -2.08. The number of hydrogen-bond donors (Lipinski definition) is 0. The van der Waals surface area contributed by atoms with Crippen molar-refractivity contribution < 1.29 is 4.74 Å². The first-order chi connectivity index (χ1) is 8.84. The Balaban J connectivity index is 1.87. The molecule has 3 nitrogen and oxygen atoms in total. The Kier molecular flexibility index (Phi) is 3.02. The summed E-state index contributed by atoms with van der Waals surface area (Å²) in [6.45, 7) is 0.559. The highest BCUT2D eigenvalue weighted by molar-refractivity contribution is 9.10. The van der Waals surface area contributed by atoms with Gasteiger partial charge < -0.3 is 4.74 Å². The van der Waals surface area contributed by atoms with Crippen LogP contribution in [0.2, 0.25) is 0 Å². The van der Waals surface area contributed by atoms with Crippen molar-refractivity contribution in [2.45, 2.75) is 6.61 Å². The molecule has 0 aliphatic heterocycles. The summed E-state index contributed by atoms with van der Waals surface area (Å²) in [6.07, 6.45) is 1.76. The third kappa shape index (κ3) is 2.11. The fourth-order valence-electron chi connectivity index (χ4n) is 1.82. The molecule has 0 spiro atoms. The summed E-state index contributed by atoms with van der Waals surface area (Å²) >= 11 is 3.45. The van der Waals surface area contributed by atoms with Gasteiger partial charge >= 0.3 is 0 Å². The SMILES string of the molecule is Brc1ccc(OCc2ccccc2)c2ccnn12. The third-order valence-corrected chi connectivity index (χ3v) is 3.31. The molecule has 0 atom stereocenters. The Bertz CT molecular complexity index is 664. The van der Waals surface area contributed by atoms with E-state index < -0.39 is 0 Å². The first-order valence-electron chi connectivity index (χ1n) is 5.63. The van der Waals surface area contributed by atoms with Gasteiger partial charge in [0.2, 0.25) is 0 Å². The fraction of sp³-hybridized carbons (Fsp3) is 0.0714. The van der Waals surface area contributed by atoms with Gasteiger partial charge in [-0.3, -0.25) is 0 Å². The van der Waals surface area contributed by atoms with E-state index in [0.29, 0.717) is 6.61 Å². The van der Waals surface area contributed by atoms with Crippen LogP contribution < -0.4 is 4.74 Å². The van der Waals surface area contributed by atoms with Crippen LogP contribution in [0.25, 0.3) is 5.52 Å². The van der Waals surface area contributed by atoms with E-state index in [0.717, 1.165) is 21.4 Å². The van der Waals surface area contributed by atoms with E-state index in [2.05, 4.69) is 21.0 Å². The number of rotatable bonds is 3. The molecule has 0 unspecified atom stereocenters. The Morgan fingerprint density at radius 2 is 1.89 bits per heavy atom. The van der Waals surface area contributed by atoms with Crippen LogP contribution in [-0.2, 0) is 6.61 Å². The van der Waals surface area contributed by atoms with Crippen LogP contribution in [0.4, 0.5) is 0 Å². The maximum absolute atomic E-state index is 5.84. The topological polar surface area (TPSA) is 26.5 Å². The molecule has 2 heterocycles. The van der Waals surface area contributed by atoms with Gasteiger partial charge in [0.05, 0.1) is 6.20 Å². The van der Waals surface area contributed by atoms with Crippen molar-refractivity contribution in [2.75, 3.05) is 0 Å². The Labute approximate surface area is 113 Å². The van der Waals surface area contributed by atoms with E-state index in [1.807, 2.05) is 48.5 Å². The monoisotopic (exact) mass is 302 g/mol. The molecule has 4 heteroatoms. The minimum atomic E-state index is 0.559. The normalized spacial score (nSPS) is 10.7. The average Bonchev–Trinajstić information content (AvgIpc) is 2.90. The molecule has 0 aliphatic carbocycles. The number of hydrogen-bond acceptors (Lipinski definition) is 2. The first-order valence-corrected chi connectivity index (χ1v) is 6.43. The van der Waals surface area contributed by atoms with E-state index in [-0.39, 0.29) is 0 Å². The number of halogens is 1. The van der Waals surface area contributed by atoms with E-state index in [1.165, 1.54) is 0 Å². The molecule has 3 rings (SSSR count). The second-order valence-corrected chi connectivity index (χ2v) is 4.74. The van der Waals surface area contributed by atoms with Crippen LogP contribution in [-0.4, -0.2) is 9.61 Å². The van der Waals surface area contributed by atoms with Gasteiger partial charge in [0, 0.05) is 0 Å². The Morgan fingerprint density at radius 3 is 2.72 bits per heavy atom. The van der Waals surface area contributed by atoms with Crippen molar-refractivity contribution in [3.8, 4) is 5.75 Å². The number of aromatic nitrogens is 2. The van der Waals surface area contributed by atoms with Crippen LogP contribution in [0.3, 0.4) is 0 Å². The molecular weight excluding hydrogens is 292 g/mol. The lowest BCUT2D eigenvalue weighted by molar-refractivity contribution is 0.308. The highest BCUT2D eigenvalue weighted by Gasteiger charge is 2.05. The molecule has 1 aromatic carbocycles. The summed E-state index contributed by atoms with van der Waals surface area (Å²) in [5, 5.41) is 4.22. The summed E-state index contributed by atoms with van der Waals surface area (Å²) in [7, 11) is 0. The fourth-order valence-corrected chi connectivity index (χ4v) is 2.23. The maximum atomic E-state index is 5.84. The predicted octanol–water partition coefficient (Wildman–Crippen LogP) is 3.68. The molecule has 3 aromatic rings. The third-order valence-electron chi connectivity index (χ3n) is 2.71. The Morgan fingerprint density at radius 1 is 1.06 bits per heavy atom. The van der Waals surface area contributed by atoms with Crippen LogP contribution in [0.5, 0.6) is 5.75 Å². The zero-order valence-electron chi connectivity index (χ0n) is 9.58. The molecule has 0 fully saturated rings. The molecule has 90 valence electrons. The maximum Gasteiger partial charge on any atom is 0.145 e. The van der Waals surface area contributed by atoms with Crippen LogP contribution in [0, 0.1) is 0 Å². The van der Waals surface area contributed by atoms with Gasteiger partial charge in [0.15, 0.2) is 0 Å². The molecule has 0 radical (unpaired) electrons. The van der Waals surface area contributed by atoms with E-state index in [4.69, 9.17) is 4.74 Å². The van der Waals surface area contributed by atoms with Gasteiger partial charge in [0.25, 0.3) is 0 Å². The van der Waals surface area contributed by atoms with Gasteiger partial charge in [-0.25, -0.2) is 4.52 Å². The molecule has 0 amide bonds. The van der Waals surface area contributed by atoms with Crippen molar-refractivity contribution in [2.24, 2.45) is 0 Å². The largest absolute Gasteiger partial charge is 0.487 e. The van der Waals surface area contributed by atoms with Crippen molar-refractivity contribution in [3.63, 3.8) is 0 Å². The zero-order chi connectivity index (χ0) is 12.4. The number of pyridine rings is 1. The van der Waals surface area contributed by atoms with Gasteiger partial charge in [-0.05, 0) is 39.7 Å². The van der Waals surface area contributed by atoms with Crippen LogP contribution in [0.15, 0.2) is 59.3 Å². The molecule has 18 heavy (non-hydrogen) atoms. The summed E-state index contributed by atoms with van der Waals surface area (Å²) in [4.78, 5) is 0. The van der Waals surface area contributed by atoms with Gasteiger partial charge in [-0.2, -0.15) is 5.10 Å². The van der Waals surface area contributed by atoms with Crippen molar-refractivity contribution in [1.29, 1.82) is 0 Å². The van der Waals surface area contributed by atoms with Crippen LogP contribution in [0.1, 0.15) is 5.56 Å². The molecule has 0 saturated heterocycles. The molecular formula is C14H11BrN2O. The Hall–Kier alpha value is -1.81. The lowest BCUT2D eigenvalue weighted by Crippen LogP contribution is -1.98. The lowest BCUT2D eigenvalue weighted by atomic mass is 10.2. The van der Waals surface area contributed by atoms with Gasteiger partial charge in [-0.15, -0.1) is 0 Å². The summed E-state index contributed by atoms with van der Waals surface area (Å²) in [6, 6.07) is 15.9. The summed E-state index contributed by atoms with van der Waals surface area (Å²) in [5.74, 6) is 0.833. The molecule has 2 aromatic heterocycles. The quantitative estimate of drug-likeness (QED) is 0.690. The standard InChI is InChI=1S/C14H11BrN2O/c15-14-7-6-13(12-8-9-16-17(12)14)18-10-11-4-2-1-3-5-11/h1-9H,10H2. The minimum absolute atomic E-state index is 0.559. The molecule has 0 aliphatic rings. The second-order valence-electron chi connectivity index (χ2n) is 3.92. The highest BCUT2D eigenvalue weighted by atomic mass is 79.9. The highest BCUT2D eigenvalue weighted by Crippen LogP contribution is 2.24. The number of fused-ring (bicyclic) bond motifs is 1. The van der Waals surface area contributed by atoms with Crippen molar-refractivity contribution in [1.82, 2.24) is 9.61 Å². The average molecular weight is 303 g/mol. The number of nitrogens with zero attached hydrogens (tertiary/aromatic N) is 2. The first kappa shape index (κ1) is 11.3. The zero-order valence-corrected chi connectivity index (χ0v) is 11.2. The minimum Gasteiger partial charge on any atom is -0.487 e. The molecule has 0 N–H and O–H groups in total. The van der Waals surface area contributed by atoms with Crippen LogP contribution >= 0.6 is 15.9 Å². The smallest absolute Gasteiger partial charge is 0.145 e. The summed E-state index contributed by atoms with van der Waals surface area (Å²) < 4.78 is 8.55. The van der Waals surface area contributed by atoms with Gasteiger partial charge in [0.1, 0.15) is 22.5 Å². The van der Waals surface area contributed by atoms with Crippen molar-refractivity contribution in [3.05, 3.63) is 64.9 Å². The predicted molar refractivity (Wildman–Crippen MR) is 73.7 cm³/mol. The van der Waals surface area contributed by atoms with Crippen molar-refractivity contribution >= 4 is 21.4 Å².